The van der Waals surface area contributed by atoms with Crippen molar-refractivity contribution < 1.29 is 4.79 Å². The summed E-state index contributed by atoms with van der Waals surface area (Å²) in [4.78, 5) is 13.0. The average molecular weight is 167 g/mol. The second kappa shape index (κ2) is 4.41. The third-order valence-corrected chi connectivity index (χ3v) is 2.38. The van der Waals surface area contributed by atoms with Crippen LogP contribution in [0.4, 0.5) is 0 Å². The molecular formula is C10H17NO. The van der Waals surface area contributed by atoms with Crippen molar-refractivity contribution in [3.05, 3.63) is 12.2 Å². The standard InChI is InChI=1S/C10H17NO/c1-9-5-3-7-11(9)8-4-6-10(2)12/h4,6,9H,3,5,7-8H2,1-2H3/b6-4+/t9-/m1/s1. The molecule has 0 aliphatic carbocycles. The molecule has 0 spiro atoms. The number of allylic oxidation sites excluding steroid dienone is 1. The first kappa shape index (κ1) is 9.46. The molecule has 1 aliphatic heterocycles. The highest BCUT2D eigenvalue weighted by Gasteiger charge is 2.17. The van der Waals surface area contributed by atoms with Gasteiger partial charge in [-0.15, -0.1) is 0 Å². The smallest absolute Gasteiger partial charge is 0.152 e. The molecule has 2 nitrogen and oxygen atoms in total. The van der Waals surface area contributed by atoms with Crippen molar-refractivity contribution in [1.82, 2.24) is 4.90 Å². The Morgan fingerprint density at radius 2 is 2.42 bits per heavy atom. The lowest BCUT2D eigenvalue weighted by atomic mass is 10.2. The Hall–Kier alpha value is -0.630. The summed E-state index contributed by atoms with van der Waals surface area (Å²) in [5.41, 5.74) is 0. The molecule has 0 N–H and O–H groups in total. The van der Waals surface area contributed by atoms with Crippen molar-refractivity contribution >= 4 is 5.78 Å². The van der Waals surface area contributed by atoms with Crippen molar-refractivity contribution in [2.24, 2.45) is 0 Å². The summed E-state index contributed by atoms with van der Waals surface area (Å²) in [6.45, 7) is 5.95. The van der Waals surface area contributed by atoms with Gasteiger partial charge in [0.25, 0.3) is 0 Å². The van der Waals surface area contributed by atoms with Crippen molar-refractivity contribution in [1.29, 1.82) is 0 Å². The quantitative estimate of drug-likeness (QED) is 0.595. The van der Waals surface area contributed by atoms with E-state index in [9.17, 15) is 4.79 Å². The minimum atomic E-state index is 0.141. The van der Waals surface area contributed by atoms with Crippen LogP contribution in [0.1, 0.15) is 26.7 Å². The van der Waals surface area contributed by atoms with E-state index in [1.807, 2.05) is 6.08 Å². The highest BCUT2D eigenvalue weighted by Crippen LogP contribution is 2.15. The summed E-state index contributed by atoms with van der Waals surface area (Å²) < 4.78 is 0. The molecule has 0 aromatic carbocycles. The number of carbonyl (C=O) groups is 1. The lowest BCUT2D eigenvalue weighted by Crippen LogP contribution is -2.26. The van der Waals surface area contributed by atoms with E-state index >= 15 is 0 Å². The van der Waals surface area contributed by atoms with Gasteiger partial charge >= 0.3 is 0 Å². The number of nitrogens with zero attached hydrogens (tertiary/aromatic N) is 1. The first-order valence-corrected chi connectivity index (χ1v) is 4.61. The number of rotatable bonds is 3. The highest BCUT2D eigenvalue weighted by molar-refractivity contribution is 5.87. The molecule has 1 rings (SSSR count). The van der Waals surface area contributed by atoms with Gasteiger partial charge < -0.3 is 0 Å². The maximum Gasteiger partial charge on any atom is 0.152 e. The molecule has 1 saturated heterocycles. The molecule has 1 aliphatic rings. The third kappa shape index (κ3) is 2.78. The molecule has 0 aromatic rings. The van der Waals surface area contributed by atoms with Crippen LogP contribution in [0.5, 0.6) is 0 Å². The van der Waals surface area contributed by atoms with E-state index in [0.29, 0.717) is 6.04 Å². The van der Waals surface area contributed by atoms with Crippen LogP contribution in [0.25, 0.3) is 0 Å². The van der Waals surface area contributed by atoms with Crippen molar-refractivity contribution in [2.75, 3.05) is 13.1 Å². The van der Waals surface area contributed by atoms with Crippen LogP contribution in [0, 0.1) is 0 Å². The van der Waals surface area contributed by atoms with Crippen LogP contribution >= 0.6 is 0 Å². The minimum Gasteiger partial charge on any atom is -0.297 e. The first-order valence-electron chi connectivity index (χ1n) is 4.61. The van der Waals surface area contributed by atoms with Crippen molar-refractivity contribution in [2.45, 2.75) is 32.7 Å². The van der Waals surface area contributed by atoms with E-state index in [4.69, 9.17) is 0 Å². The molecule has 0 amide bonds. The normalized spacial score (nSPS) is 25.3. The Balaban J connectivity index is 2.26. The van der Waals surface area contributed by atoms with E-state index in [1.165, 1.54) is 19.4 Å². The first-order chi connectivity index (χ1) is 5.70. The van der Waals surface area contributed by atoms with Gasteiger partial charge in [-0.25, -0.2) is 0 Å². The maximum atomic E-state index is 10.6. The highest BCUT2D eigenvalue weighted by atomic mass is 16.1. The zero-order valence-electron chi connectivity index (χ0n) is 7.92. The van der Waals surface area contributed by atoms with E-state index in [2.05, 4.69) is 11.8 Å². The molecule has 0 radical (unpaired) electrons. The maximum absolute atomic E-state index is 10.6. The second-order valence-corrected chi connectivity index (χ2v) is 3.50. The molecule has 0 unspecified atom stereocenters. The Labute approximate surface area is 74.2 Å². The zero-order chi connectivity index (χ0) is 8.97. The number of ketones is 1. The molecule has 68 valence electrons. The Bertz CT molecular complexity index is 186. The van der Waals surface area contributed by atoms with Gasteiger partial charge in [-0.05, 0) is 39.3 Å². The lowest BCUT2D eigenvalue weighted by molar-refractivity contribution is -0.112. The molecule has 1 fully saturated rings. The number of hydrogen-bond acceptors (Lipinski definition) is 2. The fourth-order valence-corrected chi connectivity index (χ4v) is 1.62. The molecule has 0 bridgehead atoms. The van der Waals surface area contributed by atoms with Gasteiger partial charge in [-0.1, -0.05) is 6.08 Å². The summed E-state index contributed by atoms with van der Waals surface area (Å²) in [6.07, 6.45) is 6.22. The Kier molecular flexibility index (Phi) is 3.48. The van der Waals surface area contributed by atoms with E-state index in [0.717, 1.165) is 6.54 Å². The number of hydrogen-bond donors (Lipinski definition) is 0. The summed E-state index contributed by atoms with van der Waals surface area (Å²) in [5, 5.41) is 0. The summed E-state index contributed by atoms with van der Waals surface area (Å²) in [5.74, 6) is 0.141. The molecule has 2 heteroatoms. The average Bonchev–Trinajstić information content (AvgIpc) is 2.36. The lowest BCUT2D eigenvalue weighted by Gasteiger charge is -2.18. The summed E-state index contributed by atoms with van der Waals surface area (Å²) in [7, 11) is 0. The second-order valence-electron chi connectivity index (χ2n) is 3.50. The molecule has 0 saturated carbocycles. The minimum absolute atomic E-state index is 0.141. The van der Waals surface area contributed by atoms with Crippen molar-refractivity contribution in [3.63, 3.8) is 0 Å². The van der Waals surface area contributed by atoms with Crippen LogP contribution in [-0.4, -0.2) is 29.8 Å². The van der Waals surface area contributed by atoms with E-state index in [-0.39, 0.29) is 5.78 Å². The monoisotopic (exact) mass is 167 g/mol. The van der Waals surface area contributed by atoms with E-state index in [1.54, 1.807) is 13.0 Å². The van der Waals surface area contributed by atoms with Crippen molar-refractivity contribution in [3.8, 4) is 0 Å². The molecule has 0 aromatic heterocycles. The van der Waals surface area contributed by atoms with Gasteiger partial charge in [0, 0.05) is 12.6 Å². The van der Waals surface area contributed by atoms with Gasteiger partial charge in [-0.3, -0.25) is 9.69 Å². The largest absolute Gasteiger partial charge is 0.297 e. The molecular weight excluding hydrogens is 150 g/mol. The third-order valence-electron chi connectivity index (χ3n) is 2.38. The van der Waals surface area contributed by atoms with Gasteiger partial charge in [0.05, 0.1) is 0 Å². The number of carbonyl (C=O) groups excluding carboxylic acids is 1. The van der Waals surface area contributed by atoms with E-state index < -0.39 is 0 Å². The van der Waals surface area contributed by atoms with Gasteiger partial charge in [0.1, 0.15) is 0 Å². The fraction of sp³-hybridized carbons (Fsp3) is 0.700. The SMILES string of the molecule is CC(=O)/C=C/CN1CCC[C@H]1C. The van der Waals surface area contributed by atoms with Gasteiger partial charge in [0.15, 0.2) is 5.78 Å². The molecule has 1 atom stereocenters. The molecule has 1 heterocycles. The van der Waals surface area contributed by atoms with Gasteiger partial charge in [-0.2, -0.15) is 0 Å². The fourth-order valence-electron chi connectivity index (χ4n) is 1.62. The summed E-state index contributed by atoms with van der Waals surface area (Å²) in [6, 6.07) is 0.696. The van der Waals surface area contributed by atoms with Crippen LogP contribution in [0.15, 0.2) is 12.2 Å². The Morgan fingerprint density at radius 3 is 2.92 bits per heavy atom. The predicted molar refractivity (Wildman–Crippen MR) is 50.1 cm³/mol. The van der Waals surface area contributed by atoms with Crippen LogP contribution < -0.4 is 0 Å². The number of likely N-dealkylation sites (tertiary alicyclic amines) is 1. The van der Waals surface area contributed by atoms with Crippen LogP contribution in [0.3, 0.4) is 0 Å². The van der Waals surface area contributed by atoms with Crippen LogP contribution in [-0.2, 0) is 4.79 Å². The predicted octanol–water partition coefficient (Wildman–Crippen LogP) is 1.62. The summed E-state index contributed by atoms with van der Waals surface area (Å²) >= 11 is 0. The topological polar surface area (TPSA) is 20.3 Å². The Morgan fingerprint density at radius 1 is 1.67 bits per heavy atom. The van der Waals surface area contributed by atoms with Gasteiger partial charge in [0.2, 0.25) is 0 Å². The molecule has 12 heavy (non-hydrogen) atoms. The van der Waals surface area contributed by atoms with Crippen LogP contribution in [0.2, 0.25) is 0 Å². The zero-order valence-corrected chi connectivity index (χ0v) is 7.92.